The summed E-state index contributed by atoms with van der Waals surface area (Å²) in [5, 5.41) is 17.8. The molecule has 74 valence electrons. The van der Waals surface area contributed by atoms with Gasteiger partial charge in [-0.3, -0.25) is 4.79 Å². The van der Waals surface area contributed by atoms with E-state index in [0.29, 0.717) is 5.69 Å². The molecule has 1 amide bonds. The monoisotopic (exact) mass is 201 g/mol. The molecule has 2 rings (SSSR count). The second-order valence-corrected chi connectivity index (χ2v) is 2.78. The normalized spacial score (nSPS) is 18.1. The van der Waals surface area contributed by atoms with Crippen LogP contribution in [-0.4, -0.2) is 18.2 Å². The standard InChI is InChI=1S/C9H7N5O/c15-9-8(6-10-13-9)12-14-11-7-4-2-1-3-5-7/h1-5H,6H2. The summed E-state index contributed by atoms with van der Waals surface area (Å²) in [5.41, 5.74) is 0.899. The van der Waals surface area contributed by atoms with Gasteiger partial charge in [0.2, 0.25) is 0 Å². The zero-order valence-corrected chi connectivity index (χ0v) is 7.74. The average Bonchev–Trinajstić information content (AvgIpc) is 2.66. The van der Waals surface area contributed by atoms with Gasteiger partial charge in [-0.25, -0.2) is 0 Å². The van der Waals surface area contributed by atoms with Crippen LogP contribution >= 0.6 is 0 Å². The number of hydrogen-bond donors (Lipinski definition) is 0. The maximum atomic E-state index is 10.9. The Hall–Kier alpha value is -2.24. The molecule has 1 heterocycles. The number of azo groups is 1. The third-order valence-electron chi connectivity index (χ3n) is 1.71. The van der Waals surface area contributed by atoms with Crippen LogP contribution in [0.15, 0.2) is 56.0 Å². The van der Waals surface area contributed by atoms with Gasteiger partial charge in [0.1, 0.15) is 6.54 Å². The van der Waals surface area contributed by atoms with Crippen molar-refractivity contribution in [3.63, 3.8) is 0 Å². The zero-order valence-electron chi connectivity index (χ0n) is 7.74. The Labute approximate surface area is 85.4 Å². The number of rotatable bonds is 2. The van der Waals surface area contributed by atoms with Crippen LogP contribution in [0.2, 0.25) is 0 Å². The highest BCUT2D eigenvalue weighted by atomic mass is 16.2. The number of carbonyl (C=O) groups is 1. The van der Waals surface area contributed by atoms with Gasteiger partial charge < -0.3 is 0 Å². The van der Waals surface area contributed by atoms with Gasteiger partial charge >= 0.3 is 5.91 Å². The largest absolute Gasteiger partial charge is 0.313 e. The molecule has 0 saturated carbocycles. The molecule has 0 bridgehead atoms. The quantitative estimate of drug-likeness (QED) is 0.533. The Morgan fingerprint density at radius 2 is 2.00 bits per heavy atom. The lowest BCUT2D eigenvalue weighted by atomic mass is 10.3. The highest BCUT2D eigenvalue weighted by molar-refractivity contribution is 6.41. The molecule has 0 spiro atoms. The Bertz CT molecular complexity index is 449. The van der Waals surface area contributed by atoms with Crippen LogP contribution in [0.5, 0.6) is 0 Å². The van der Waals surface area contributed by atoms with Gasteiger partial charge in [-0.1, -0.05) is 18.2 Å². The first-order valence-corrected chi connectivity index (χ1v) is 4.31. The first kappa shape index (κ1) is 9.32. The van der Waals surface area contributed by atoms with E-state index >= 15 is 0 Å². The Kier molecular flexibility index (Phi) is 2.68. The van der Waals surface area contributed by atoms with Crippen molar-refractivity contribution in [1.82, 2.24) is 0 Å². The van der Waals surface area contributed by atoms with Crippen LogP contribution in [-0.2, 0) is 4.79 Å². The summed E-state index contributed by atoms with van der Waals surface area (Å²) in [7, 11) is 0. The van der Waals surface area contributed by atoms with Gasteiger partial charge in [0, 0.05) is 0 Å². The minimum Gasteiger partial charge on any atom is -0.264 e. The van der Waals surface area contributed by atoms with E-state index in [2.05, 4.69) is 25.7 Å². The lowest BCUT2D eigenvalue weighted by Gasteiger charge is -1.87. The van der Waals surface area contributed by atoms with Crippen LogP contribution < -0.4 is 0 Å². The molecular formula is C9H7N5O. The lowest BCUT2D eigenvalue weighted by Crippen LogP contribution is -2.07. The summed E-state index contributed by atoms with van der Waals surface area (Å²) in [6, 6.07) is 9.13. The second kappa shape index (κ2) is 4.32. The van der Waals surface area contributed by atoms with E-state index in [1.165, 1.54) is 0 Å². The second-order valence-electron chi connectivity index (χ2n) is 2.78. The van der Waals surface area contributed by atoms with Crippen LogP contribution in [0.3, 0.4) is 0 Å². The van der Waals surface area contributed by atoms with Crippen molar-refractivity contribution in [1.29, 1.82) is 0 Å². The van der Waals surface area contributed by atoms with Crippen molar-refractivity contribution < 1.29 is 4.79 Å². The molecule has 0 aliphatic carbocycles. The fraction of sp³-hybridized carbons (Fsp3) is 0.111. The van der Waals surface area contributed by atoms with Crippen LogP contribution in [0, 0.1) is 0 Å². The molecule has 0 fully saturated rings. The average molecular weight is 201 g/mol. The maximum Gasteiger partial charge on any atom is 0.313 e. The molecule has 0 saturated heterocycles. The number of amides is 1. The van der Waals surface area contributed by atoms with Crippen molar-refractivity contribution in [3.8, 4) is 0 Å². The molecule has 6 heteroatoms. The van der Waals surface area contributed by atoms with E-state index in [4.69, 9.17) is 0 Å². The smallest absolute Gasteiger partial charge is 0.264 e. The van der Waals surface area contributed by atoms with E-state index in [1.54, 1.807) is 12.1 Å². The maximum absolute atomic E-state index is 10.9. The minimum atomic E-state index is -0.443. The van der Waals surface area contributed by atoms with Gasteiger partial charge in [0.15, 0.2) is 5.71 Å². The molecule has 1 aromatic rings. The molecule has 0 N–H and O–H groups in total. The van der Waals surface area contributed by atoms with Crippen molar-refractivity contribution in [3.05, 3.63) is 30.3 Å². The van der Waals surface area contributed by atoms with Gasteiger partial charge in [-0.05, 0) is 17.4 Å². The molecule has 1 aliphatic rings. The van der Waals surface area contributed by atoms with Crippen molar-refractivity contribution in [2.45, 2.75) is 0 Å². The van der Waals surface area contributed by atoms with E-state index in [9.17, 15) is 4.79 Å². The van der Waals surface area contributed by atoms with E-state index < -0.39 is 5.91 Å². The summed E-state index contributed by atoms with van der Waals surface area (Å²) >= 11 is 0. The molecule has 0 radical (unpaired) electrons. The van der Waals surface area contributed by atoms with Crippen molar-refractivity contribution in [2.24, 2.45) is 25.7 Å². The molecule has 0 unspecified atom stereocenters. The van der Waals surface area contributed by atoms with Gasteiger partial charge in [0.25, 0.3) is 0 Å². The van der Waals surface area contributed by atoms with E-state index in [0.717, 1.165) is 0 Å². The highest BCUT2D eigenvalue weighted by Gasteiger charge is 2.15. The predicted molar refractivity (Wildman–Crippen MR) is 53.1 cm³/mol. The molecular weight excluding hydrogens is 194 g/mol. The minimum absolute atomic E-state index is 0.187. The van der Waals surface area contributed by atoms with Crippen molar-refractivity contribution >= 4 is 17.3 Å². The fourth-order valence-electron chi connectivity index (χ4n) is 0.989. The van der Waals surface area contributed by atoms with Crippen LogP contribution in [0.4, 0.5) is 5.69 Å². The molecule has 6 nitrogen and oxygen atoms in total. The first-order valence-electron chi connectivity index (χ1n) is 4.31. The Morgan fingerprint density at radius 3 is 2.67 bits per heavy atom. The molecule has 1 aliphatic heterocycles. The van der Waals surface area contributed by atoms with E-state index in [1.807, 2.05) is 18.2 Å². The number of hydrogen-bond acceptors (Lipinski definition) is 4. The third kappa shape index (κ3) is 2.37. The Morgan fingerprint density at radius 1 is 1.20 bits per heavy atom. The van der Waals surface area contributed by atoms with Crippen molar-refractivity contribution in [2.75, 3.05) is 6.54 Å². The van der Waals surface area contributed by atoms with Gasteiger partial charge in [0.05, 0.1) is 5.69 Å². The summed E-state index contributed by atoms with van der Waals surface area (Å²) in [5.74, 6) is -0.443. The van der Waals surface area contributed by atoms with Crippen LogP contribution in [0.25, 0.3) is 0 Å². The molecule has 0 atom stereocenters. The number of benzene rings is 1. The van der Waals surface area contributed by atoms with Gasteiger partial charge in [-0.2, -0.15) is 5.11 Å². The SMILES string of the molecule is O=C1N=NCC1=NN=Nc1ccccc1. The zero-order chi connectivity index (χ0) is 10.5. The third-order valence-corrected chi connectivity index (χ3v) is 1.71. The molecule has 1 aromatic carbocycles. The fourth-order valence-corrected chi connectivity index (χ4v) is 0.989. The Balaban J connectivity index is 2.05. The number of carbonyl (C=O) groups excluding carboxylic acids is 1. The molecule has 0 aromatic heterocycles. The molecule has 15 heavy (non-hydrogen) atoms. The summed E-state index contributed by atoms with van der Waals surface area (Å²) in [6.45, 7) is 0.187. The van der Waals surface area contributed by atoms with Crippen LogP contribution in [0.1, 0.15) is 0 Å². The predicted octanol–water partition coefficient (Wildman–Crippen LogP) is 2.12. The summed E-state index contributed by atoms with van der Waals surface area (Å²) in [4.78, 5) is 10.9. The highest BCUT2D eigenvalue weighted by Crippen LogP contribution is 2.10. The van der Waals surface area contributed by atoms with E-state index in [-0.39, 0.29) is 12.3 Å². The summed E-state index contributed by atoms with van der Waals surface area (Å²) in [6.07, 6.45) is 0. The summed E-state index contributed by atoms with van der Waals surface area (Å²) < 4.78 is 0. The first-order chi connectivity index (χ1) is 7.36. The lowest BCUT2D eigenvalue weighted by molar-refractivity contribution is -0.111. The number of nitrogens with zero attached hydrogens (tertiary/aromatic N) is 5. The van der Waals surface area contributed by atoms with Gasteiger partial charge in [-0.15, -0.1) is 15.3 Å². The topological polar surface area (TPSA) is 78.9 Å².